The van der Waals surface area contributed by atoms with E-state index in [-0.39, 0.29) is 12.5 Å². The number of halogens is 1. The Morgan fingerprint density at radius 2 is 1.88 bits per heavy atom. The lowest BCUT2D eigenvalue weighted by molar-refractivity contribution is -0.123. The Hall–Kier alpha value is -1.36. The minimum Gasteiger partial charge on any atom is -0.483 e. The summed E-state index contributed by atoms with van der Waals surface area (Å²) in [5.74, 6) is 0.913. The predicted molar refractivity (Wildman–Crippen MR) is 102 cm³/mol. The second-order valence-electron chi connectivity index (χ2n) is 6.61. The predicted octanol–water partition coefficient (Wildman–Crippen LogP) is 5.17. The minimum atomic E-state index is -0.218. The quantitative estimate of drug-likeness (QED) is 0.700. The summed E-state index contributed by atoms with van der Waals surface area (Å²) in [5.41, 5.74) is 4.96. The number of hydrogen-bond acceptors (Lipinski definition) is 3. The van der Waals surface area contributed by atoms with E-state index in [1.54, 1.807) is 0 Å². The molecule has 4 nitrogen and oxygen atoms in total. The van der Waals surface area contributed by atoms with Gasteiger partial charge in [0.25, 0.3) is 5.91 Å². The Morgan fingerprint density at radius 1 is 1.21 bits per heavy atom. The number of benzene rings is 1. The van der Waals surface area contributed by atoms with Crippen LogP contribution in [-0.4, -0.2) is 18.2 Å². The lowest BCUT2D eigenvalue weighted by Gasteiger charge is -2.12. The third kappa shape index (κ3) is 6.27. The molecule has 1 aromatic carbocycles. The SMILES string of the molecule is CC(C)c1ccc(OCC(=O)NN=C2CCCCCCC2)c(Br)c1. The van der Waals surface area contributed by atoms with Crippen LogP contribution in [0.4, 0.5) is 0 Å². The van der Waals surface area contributed by atoms with Gasteiger partial charge in [0.15, 0.2) is 6.61 Å². The number of hydrogen-bond donors (Lipinski definition) is 1. The number of amides is 1. The smallest absolute Gasteiger partial charge is 0.277 e. The molecule has 0 aliphatic heterocycles. The average Bonchev–Trinajstić information content (AvgIpc) is 2.52. The van der Waals surface area contributed by atoms with Crippen molar-refractivity contribution < 1.29 is 9.53 Å². The highest BCUT2D eigenvalue weighted by atomic mass is 79.9. The van der Waals surface area contributed by atoms with Crippen LogP contribution in [0.3, 0.4) is 0 Å². The van der Waals surface area contributed by atoms with Gasteiger partial charge in [0.1, 0.15) is 5.75 Å². The van der Waals surface area contributed by atoms with Gasteiger partial charge < -0.3 is 4.74 Å². The fourth-order valence-electron chi connectivity index (χ4n) is 2.74. The van der Waals surface area contributed by atoms with Crippen LogP contribution in [0.5, 0.6) is 5.75 Å². The summed E-state index contributed by atoms with van der Waals surface area (Å²) < 4.78 is 6.46. The van der Waals surface area contributed by atoms with Crippen LogP contribution < -0.4 is 10.2 Å². The standard InChI is InChI=1S/C19H27BrN2O2/c1-14(2)15-10-11-18(17(20)12-15)24-13-19(23)22-21-16-8-6-4-3-5-7-9-16/h10-12,14H,3-9,13H2,1-2H3,(H,22,23). The molecule has 2 rings (SSSR count). The van der Waals surface area contributed by atoms with Gasteiger partial charge in [-0.15, -0.1) is 0 Å². The summed E-state index contributed by atoms with van der Waals surface area (Å²) in [6.45, 7) is 4.26. The van der Waals surface area contributed by atoms with E-state index in [2.05, 4.69) is 40.3 Å². The molecular formula is C19H27BrN2O2. The Bertz CT molecular complexity index is 575. The van der Waals surface area contributed by atoms with E-state index in [0.29, 0.717) is 11.7 Å². The molecule has 1 aromatic rings. The van der Waals surface area contributed by atoms with E-state index < -0.39 is 0 Å². The van der Waals surface area contributed by atoms with Crippen LogP contribution in [-0.2, 0) is 4.79 Å². The third-order valence-electron chi connectivity index (χ3n) is 4.25. The van der Waals surface area contributed by atoms with E-state index in [0.717, 1.165) is 23.0 Å². The number of nitrogens with zero attached hydrogens (tertiary/aromatic N) is 1. The molecule has 24 heavy (non-hydrogen) atoms. The number of carbonyl (C=O) groups is 1. The highest BCUT2D eigenvalue weighted by molar-refractivity contribution is 9.10. The van der Waals surface area contributed by atoms with E-state index in [1.165, 1.54) is 37.7 Å². The molecule has 1 fully saturated rings. The molecule has 0 aromatic heterocycles. The zero-order chi connectivity index (χ0) is 17.4. The number of carbonyl (C=O) groups excluding carboxylic acids is 1. The van der Waals surface area contributed by atoms with Crippen molar-refractivity contribution in [2.24, 2.45) is 5.10 Å². The van der Waals surface area contributed by atoms with Gasteiger partial charge in [0.2, 0.25) is 0 Å². The number of rotatable bonds is 5. The molecule has 0 heterocycles. The van der Waals surface area contributed by atoms with E-state index in [9.17, 15) is 4.79 Å². The van der Waals surface area contributed by atoms with Crippen LogP contribution in [0.15, 0.2) is 27.8 Å². The van der Waals surface area contributed by atoms with E-state index in [1.807, 2.05) is 18.2 Å². The molecule has 0 atom stereocenters. The second-order valence-corrected chi connectivity index (χ2v) is 7.47. The largest absolute Gasteiger partial charge is 0.483 e. The van der Waals surface area contributed by atoms with Crippen molar-refractivity contribution in [1.29, 1.82) is 0 Å². The Balaban J connectivity index is 1.82. The summed E-state index contributed by atoms with van der Waals surface area (Å²) >= 11 is 3.50. The van der Waals surface area contributed by atoms with Gasteiger partial charge in [0, 0.05) is 5.71 Å². The summed E-state index contributed by atoms with van der Waals surface area (Å²) in [6, 6.07) is 5.96. The van der Waals surface area contributed by atoms with Crippen molar-refractivity contribution >= 4 is 27.5 Å². The van der Waals surface area contributed by atoms with Crippen LogP contribution in [0.2, 0.25) is 0 Å². The average molecular weight is 395 g/mol. The van der Waals surface area contributed by atoms with Gasteiger partial charge in [-0.2, -0.15) is 5.10 Å². The number of nitrogens with one attached hydrogen (secondary N) is 1. The zero-order valence-electron chi connectivity index (χ0n) is 14.6. The molecular weight excluding hydrogens is 368 g/mol. The lowest BCUT2D eigenvalue weighted by atomic mass is 9.99. The normalized spacial score (nSPS) is 15.6. The Kier molecular flexibility index (Phi) is 7.76. The summed E-state index contributed by atoms with van der Waals surface area (Å²) in [4.78, 5) is 11.9. The molecule has 1 aliphatic carbocycles. The maximum absolute atomic E-state index is 11.9. The van der Waals surface area contributed by atoms with Crippen LogP contribution in [0.25, 0.3) is 0 Å². The summed E-state index contributed by atoms with van der Waals surface area (Å²) in [5, 5.41) is 4.28. The first kappa shape index (κ1) is 19.0. The molecule has 1 aliphatic rings. The topological polar surface area (TPSA) is 50.7 Å². The lowest BCUT2D eigenvalue weighted by Crippen LogP contribution is -2.26. The molecule has 0 radical (unpaired) electrons. The molecule has 1 N–H and O–H groups in total. The third-order valence-corrected chi connectivity index (χ3v) is 4.87. The first-order valence-corrected chi connectivity index (χ1v) is 9.62. The molecule has 1 amide bonds. The first-order valence-electron chi connectivity index (χ1n) is 8.83. The van der Waals surface area contributed by atoms with Crippen molar-refractivity contribution in [2.45, 2.75) is 64.7 Å². The highest BCUT2D eigenvalue weighted by Gasteiger charge is 2.09. The molecule has 0 spiro atoms. The van der Waals surface area contributed by atoms with Crippen molar-refractivity contribution in [3.63, 3.8) is 0 Å². The monoisotopic (exact) mass is 394 g/mol. The maximum Gasteiger partial charge on any atom is 0.277 e. The molecule has 0 bridgehead atoms. The molecule has 0 saturated heterocycles. The maximum atomic E-state index is 11.9. The van der Waals surface area contributed by atoms with Gasteiger partial charge in [-0.3, -0.25) is 4.79 Å². The van der Waals surface area contributed by atoms with Gasteiger partial charge >= 0.3 is 0 Å². The molecule has 5 heteroatoms. The first-order chi connectivity index (χ1) is 11.6. The fourth-order valence-corrected chi connectivity index (χ4v) is 3.25. The van der Waals surface area contributed by atoms with E-state index in [4.69, 9.17) is 4.74 Å². The van der Waals surface area contributed by atoms with Gasteiger partial charge in [-0.05, 0) is 65.2 Å². The van der Waals surface area contributed by atoms with E-state index >= 15 is 0 Å². The highest BCUT2D eigenvalue weighted by Crippen LogP contribution is 2.28. The van der Waals surface area contributed by atoms with Gasteiger partial charge in [-0.1, -0.05) is 39.2 Å². The fraction of sp³-hybridized carbons (Fsp3) is 0.579. The molecule has 132 valence electrons. The van der Waals surface area contributed by atoms with Crippen LogP contribution in [0.1, 0.15) is 70.3 Å². The van der Waals surface area contributed by atoms with Gasteiger partial charge in [0.05, 0.1) is 4.47 Å². The Morgan fingerprint density at radius 3 is 2.50 bits per heavy atom. The number of hydrazone groups is 1. The Labute approximate surface area is 153 Å². The number of ether oxygens (including phenoxy) is 1. The summed E-state index contributed by atoms with van der Waals surface area (Å²) in [6.07, 6.45) is 8.15. The molecule has 0 unspecified atom stereocenters. The van der Waals surface area contributed by atoms with Crippen LogP contribution in [0, 0.1) is 0 Å². The van der Waals surface area contributed by atoms with Gasteiger partial charge in [-0.25, -0.2) is 5.43 Å². The summed E-state index contributed by atoms with van der Waals surface area (Å²) in [7, 11) is 0. The molecule has 1 saturated carbocycles. The zero-order valence-corrected chi connectivity index (χ0v) is 16.2. The van der Waals surface area contributed by atoms with Crippen molar-refractivity contribution in [2.75, 3.05) is 6.61 Å². The van der Waals surface area contributed by atoms with Crippen molar-refractivity contribution in [3.8, 4) is 5.75 Å². The van der Waals surface area contributed by atoms with Crippen LogP contribution >= 0.6 is 15.9 Å². The second kappa shape index (κ2) is 9.82. The van der Waals surface area contributed by atoms with Crippen molar-refractivity contribution in [3.05, 3.63) is 28.2 Å². The van der Waals surface area contributed by atoms with Crippen molar-refractivity contribution in [1.82, 2.24) is 5.43 Å². The minimum absolute atomic E-state index is 0.0313.